The SMILES string of the molecule is CC(O)C(N)C(=O)NCCCCCCON(O)O. The highest BCUT2D eigenvalue weighted by Crippen LogP contribution is 1.99. The summed E-state index contributed by atoms with van der Waals surface area (Å²) in [5.41, 5.74) is 5.44. The van der Waals surface area contributed by atoms with E-state index >= 15 is 0 Å². The molecule has 8 heteroatoms. The van der Waals surface area contributed by atoms with Crippen LogP contribution < -0.4 is 11.1 Å². The standard InChI is InChI=1S/C10H23N3O5/c1-8(14)9(11)10(15)12-6-4-2-3-5-7-18-13(16)17/h8-9,14,16-17H,2-7,11H2,1H3,(H,12,15). The van der Waals surface area contributed by atoms with Gasteiger partial charge in [-0.2, -0.15) is 0 Å². The molecule has 0 spiro atoms. The number of amides is 1. The van der Waals surface area contributed by atoms with Crippen molar-refractivity contribution in [1.82, 2.24) is 10.7 Å². The molecule has 0 saturated heterocycles. The molecule has 0 bridgehead atoms. The summed E-state index contributed by atoms with van der Waals surface area (Å²) in [4.78, 5) is 15.7. The second-order valence-corrected chi connectivity index (χ2v) is 4.06. The minimum Gasteiger partial charge on any atom is -0.391 e. The zero-order chi connectivity index (χ0) is 14.0. The number of carbonyl (C=O) groups is 1. The first-order chi connectivity index (χ1) is 8.45. The van der Waals surface area contributed by atoms with Crippen LogP contribution in [0.15, 0.2) is 0 Å². The molecule has 0 aliphatic carbocycles. The van der Waals surface area contributed by atoms with E-state index in [0.29, 0.717) is 13.0 Å². The molecule has 108 valence electrons. The van der Waals surface area contributed by atoms with Gasteiger partial charge in [-0.1, -0.05) is 12.8 Å². The van der Waals surface area contributed by atoms with Gasteiger partial charge in [-0.3, -0.25) is 20.0 Å². The van der Waals surface area contributed by atoms with Gasteiger partial charge in [-0.15, -0.1) is 0 Å². The van der Waals surface area contributed by atoms with Gasteiger partial charge >= 0.3 is 0 Å². The molecule has 2 atom stereocenters. The summed E-state index contributed by atoms with van der Waals surface area (Å²) in [5.74, 6) is -0.357. The monoisotopic (exact) mass is 265 g/mol. The van der Waals surface area contributed by atoms with Crippen LogP contribution in [0.2, 0.25) is 0 Å². The van der Waals surface area contributed by atoms with Crippen LogP contribution in [0.4, 0.5) is 0 Å². The Hall–Kier alpha value is -0.770. The molecule has 2 unspecified atom stereocenters. The van der Waals surface area contributed by atoms with Crippen molar-refractivity contribution < 1.29 is 25.2 Å². The average molecular weight is 265 g/mol. The molecule has 0 heterocycles. The van der Waals surface area contributed by atoms with E-state index in [1.165, 1.54) is 6.92 Å². The van der Waals surface area contributed by atoms with Crippen molar-refractivity contribution in [3.8, 4) is 0 Å². The third-order valence-electron chi connectivity index (χ3n) is 2.40. The zero-order valence-electron chi connectivity index (χ0n) is 10.6. The van der Waals surface area contributed by atoms with Crippen molar-refractivity contribution >= 4 is 5.91 Å². The molecule has 6 N–H and O–H groups in total. The summed E-state index contributed by atoms with van der Waals surface area (Å²) in [6.45, 7) is 2.20. The fraction of sp³-hybridized carbons (Fsp3) is 0.900. The summed E-state index contributed by atoms with van der Waals surface area (Å²) in [5, 5.41) is 27.9. The lowest BCUT2D eigenvalue weighted by Gasteiger charge is -2.14. The van der Waals surface area contributed by atoms with Crippen LogP contribution in [0.1, 0.15) is 32.6 Å². The second kappa shape index (κ2) is 10.2. The van der Waals surface area contributed by atoms with E-state index in [2.05, 4.69) is 10.2 Å². The Balaban J connectivity index is 3.33. The molecule has 0 saturated carbocycles. The Labute approximate surface area is 106 Å². The van der Waals surface area contributed by atoms with Crippen LogP contribution in [0, 0.1) is 0 Å². The Morgan fingerprint density at radius 1 is 1.33 bits per heavy atom. The average Bonchev–Trinajstić information content (AvgIpc) is 2.30. The van der Waals surface area contributed by atoms with Gasteiger partial charge in [-0.05, 0) is 19.8 Å². The zero-order valence-corrected chi connectivity index (χ0v) is 10.6. The van der Waals surface area contributed by atoms with Crippen molar-refractivity contribution in [3.05, 3.63) is 0 Å². The molecule has 1 amide bonds. The number of nitrogens with zero attached hydrogens (tertiary/aromatic N) is 1. The number of hydrogen-bond donors (Lipinski definition) is 5. The molecule has 0 aliphatic rings. The molecule has 8 nitrogen and oxygen atoms in total. The minimum atomic E-state index is -0.890. The highest BCUT2D eigenvalue weighted by atomic mass is 17.1. The van der Waals surface area contributed by atoms with Gasteiger partial charge in [0.15, 0.2) is 0 Å². The normalized spacial score (nSPS) is 14.6. The lowest BCUT2D eigenvalue weighted by atomic mass is 10.1. The maximum absolute atomic E-state index is 11.3. The Kier molecular flexibility index (Phi) is 9.74. The molecule has 18 heavy (non-hydrogen) atoms. The molecule has 0 aromatic carbocycles. The Morgan fingerprint density at radius 2 is 1.94 bits per heavy atom. The van der Waals surface area contributed by atoms with E-state index in [4.69, 9.17) is 21.3 Å². The lowest BCUT2D eigenvalue weighted by Crippen LogP contribution is -2.47. The second-order valence-electron chi connectivity index (χ2n) is 4.06. The summed E-state index contributed by atoms with van der Waals surface area (Å²) in [6.07, 6.45) is 2.36. The highest BCUT2D eigenvalue weighted by molar-refractivity contribution is 5.81. The van der Waals surface area contributed by atoms with E-state index < -0.39 is 12.1 Å². The van der Waals surface area contributed by atoms with Gasteiger partial charge in [0.05, 0.1) is 18.1 Å². The third kappa shape index (κ3) is 9.28. The van der Waals surface area contributed by atoms with E-state index in [1.54, 1.807) is 0 Å². The summed E-state index contributed by atoms with van der Waals surface area (Å²) >= 11 is 0. The van der Waals surface area contributed by atoms with Crippen molar-refractivity contribution in [3.63, 3.8) is 0 Å². The highest BCUT2D eigenvalue weighted by Gasteiger charge is 2.17. The van der Waals surface area contributed by atoms with E-state index in [-0.39, 0.29) is 17.9 Å². The smallest absolute Gasteiger partial charge is 0.239 e. The number of aliphatic hydroxyl groups excluding tert-OH is 1. The molecule has 0 aromatic rings. The fourth-order valence-corrected chi connectivity index (χ4v) is 1.28. The first-order valence-electron chi connectivity index (χ1n) is 5.97. The first-order valence-corrected chi connectivity index (χ1v) is 5.97. The topological polar surface area (TPSA) is 128 Å². The number of aliphatic hydroxyl groups is 1. The molecule has 0 aromatic heterocycles. The number of carbonyl (C=O) groups excluding carboxylic acids is 1. The van der Waals surface area contributed by atoms with Crippen molar-refractivity contribution in [2.24, 2.45) is 5.73 Å². The number of unbranched alkanes of at least 4 members (excludes halogenated alkanes) is 3. The molecular formula is C10H23N3O5. The maximum Gasteiger partial charge on any atom is 0.239 e. The Morgan fingerprint density at radius 3 is 2.50 bits per heavy atom. The number of hydrogen-bond acceptors (Lipinski definition) is 7. The predicted molar refractivity (Wildman–Crippen MR) is 62.5 cm³/mol. The summed E-state index contributed by atoms with van der Waals surface area (Å²) < 4.78 is 0. The van der Waals surface area contributed by atoms with E-state index in [9.17, 15) is 4.79 Å². The summed E-state index contributed by atoms with van der Waals surface area (Å²) in [7, 11) is 0. The number of nitrogens with one attached hydrogen (secondary N) is 1. The van der Waals surface area contributed by atoms with Gasteiger partial charge in [0.1, 0.15) is 6.04 Å². The van der Waals surface area contributed by atoms with E-state index in [0.717, 1.165) is 19.3 Å². The fourth-order valence-electron chi connectivity index (χ4n) is 1.28. The van der Waals surface area contributed by atoms with Gasteiger partial charge < -0.3 is 16.2 Å². The van der Waals surface area contributed by atoms with Crippen LogP contribution in [0.25, 0.3) is 0 Å². The Bertz CT molecular complexity index is 226. The van der Waals surface area contributed by atoms with Gasteiger partial charge in [0.2, 0.25) is 5.91 Å². The van der Waals surface area contributed by atoms with Crippen molar-refractivity contribution in [2.75, 3.05) is 13.2 Å². The van der Waals surface area contributed by atoms with Crippen LogP contribution >= 0.6 is 0 Å². The van der Waals surface area contributed by atoms with Crippen molar-refractivity contribution in [2.45, 2.75) is 44.8 Å². The summed E-state index contributed by atoms with van der Waals surface area (Å²) in [6, 6.07) is -0.890. The van der Waals surface area contributed by atoms with Gasteiger partial charge in [-0.25, -0.2) is 0 Å². The van der Waals surface area contributed by atoms with Gasteiger partial charge in [0.25, 0.3) is 0 Å². The molecule has 0 rings (SSSR count). The largest absolute Gasteiger partial charge is 0.391 e. The first kappa shape index (κ1) is 17.2. The predicted octanol–water partition coefficient (Wildman–Crippen LogP) is -0.617. The number of rotatable bonds is 10. The van der Waals surface area contributed by atoms with Gasteiger partial charge in [0, 0.05) is 6.54 Å². The van der Waals surface area contributed by atoms with E-state index in [1.807, 2.05) is 0 Å². The van der Waals surface area contributed by atoms with Crippen LogP contribution in [0.3, 0.4) is 0 Å². The maximum atomic E-state index is 11.3. The molecule has 0 aliphatic heterocycles. The van der Waals surface area contributed by atoms with Crippen LogP contribution in [0.5, 0.6) is 0 Å². The van der Waals surface area contributed by atoms with Crippen LogP contribution in [-0.4, -0.2) is 52.1 Å². The molecule has 0 radical (unpaired) electrons. The lowest BCUT2D eigenvalue weighted by molar-refractivity contribution is -0.492. The third-order valence-corrected chi connectivity index (χ3v) is 2.40. The quantitative estimate of drug-likeness (QED) is 0.263. The number of nitrogens with two attached hydrogens (primary N) is 1. The molecular weight excluding hydrogens is 242 g/mol. The van der Waals surface area contributed by atoms with Crippen molar-refractivity contribution in [1.29, 1.82) is 0 Å². The van der Waals surface area contributed by atoms with Crippen LogP contribution in [-0.2, 0) is 9.63 Å². The minimum absolute atomic E-state index is 0.228. The molecule has 0 fully saturated rings.